The number of aryl methyl sites for hydroxylation is 1. The number of carbonyl (C=O) groups excluding carboxylic acids is 1. The van der Waals surface area contributed by atoms with Gasteiger partial charge in [-0.1, -0.05) is 114 Å². The first kappa shape index (κ1) is 30.9. The van der Waals surface area contributed by atoms with Gasteiger partial charge < -0.3 is 14.0 Å². The average molecular weight is 511 g/mol. The van der Waals surface area contributed by atoms with Crippen molar-refractivity contribution < 1.29 is 18.8 Å². The second kappa shape index (κ2) is 18.0. The van der Waals surface area contributed by atoms with Crippen molar-refractivity contribution in [3.8, 4) is 5.75 Å². The molecule has 0 bridgehead atoms. The molecule has 0 aliphatic heterocycles. The fraction of sp³-hybridized carbons (Fsp3) is 0.606. The van der Waals surface area contributed by atoms with Crippen LogP contribution in [0.3, 0.4) is 0 Å². The summed E-state index contributed by atoms with van der Waals surface area (Å²) in [7, 11) is 4.10. The molecule has 0 radical (unpaired) electrons. The maximum Gasteiger partial charge on any atom is 0.361 e. The van der Waals surface area contributed by atoms with Crippen LogP contribution in [-0.2, 0) is 22.5 Å². The predicted octanol–water partition coefficient (Wildman–Crippen LogP) is 8.13. The number of esters is 1. The Kier molecular flexibility index (Phi) is 15.0. The van der Waals surface area contributed by atoms with Gasteiger partial charge in [0, 0.05) is 5.56 Å². The van der Waals surface area contributed by atoms with Gasteiger partial charge in [-0.2, -0.15) is 0 Å². The lowest BCUT2D eigenvalue weighted by Crippen LogP contribution is -2.44. The molecule has 4 nitrogen and oxygen atoms in total. The van der Waals surface area contributed by atoms with Gasteiger partial charge in [0.2, 0.25) is 0 Å². The second-order valence-corrected chi connectivity index (χ2v) is 11.3. The smallest absolute Gasteiger partial charge is 0.361 e. The summed E-state index contributed by atoms with van der Waals surface area (Å²) in [5, 5.41) is 0. The Morgan fingerprint density at radius 3 is 1.92 bits per heavy atom. The normalized spacial score (nSPS) is 12.3. The molecule has 37 heavy (non-hydrogen) atoms. The highest BCUT2D eigenvalue weighted by molar-refractivity contribution is 5.70. The van der Waals surface area contributed by atoms with Crippen molar-refractivity contribution >= 4 is 5.97 Å². The van der Waals surface area contributed by atoms with Gasteiger partial charge in [0.1, 0.15) is 25.0 Å². The molecule has 0 aliphatic carbocycles. The van der Waals surface area contributed by atoms with Crippen LogP contribution in [-0.4, -0.2) is 43.8 Å². The van der Waals surface area contributed by atoms with Crippen LogP contribution >= 0.6 is 0 Å². The van der Waals surface area contributed by atoms with E-state index in [1.807, 2.05) is 51.4 Å². The zero-order valence-corrected chi connectivity index (χ0v) is 24.1. The molecule has 0 heterocycles. The number of likely N-dealkylation sites (N-methyl/N-ethyl adjacent to an activating group) is 1. The van der Waals surface area contributed by atoms with Crippen molar-refractivity contribution in [3.63, 3.8) is 0 Å². The largest absolute Gasteiger partial charge is 0.487 e. The zero-order valence-electron chi connectivity index (χ0n) is 24.1. The number of rotatable bonds is 20. The van der Waals surface area contributed by atoms with Crippen LogP contribution in [0.1, 0.15) is 95.6 Å². The Morgan fingerprint density at radius 1 is 0.757 bits per heavy atom. The third-order valence-electron chi connectivity index (χ3n) is 6.82. The number of quaternary nitrogens is 1. The maximum absolute atomic E-state index is 12.4. The van der Waals surface area contributed by atoms with E-state index >= 15 is 0 Å². The molecule has 0 aliphatic rings. The molecule has 206 valence electrons. The standard InChI is InChI=1S/C33H52NO3/c1-5-6-7-8-9-10-11-12-13-14-16-19-30-22-24-32(25-23-30)37-29(2)28-36-33(35)27-34(3,4)26-31-20-17-15-18-21-31/h15,17-18,20-25,29H,5-14,16,19,26-28H2,1-4H3/q+1. The number of carbonyl (C=O) groups is 1. The van der Waals surface area contributed by atoms with E-state index in [0.717, 1.165) is 18.7 Å². The number of unbranched alkanes of at least 4 members (excludes halogenated alkanes) is 10. The van der Waals surface area contributed by atoms with Gasteiger partial charge in [0.15, 0.2) is 6.54 Å². The molecule has 0 saturated heterocycles. The molecule has 1 atom stereocenters. The molecule has 2 rings (SSSR count). The third-order valence-corrected chi connectivity index (χ3v) is 6.82. The molecule has 0 fully saturated rings. The van der Waals surface area contributed by atoms with Crippen LogP contribution in [0.4, 0.5) is 0 Å². The highest BCUT2D eigenvalue weighted by Crippen LogP contribution is 2.17. The Labute approximate surface area is 227 Å². The highest BCUT2D eigenvalue weighted by atomic mass is 16.6. The van der Waals surface area contributed by atoms with E-state index in [2.05, 4.69) is 31.2 Å². The van der Waals surface area contributed by atoms with Crippen LogP contribution in [0.15, 0.2) is 54.6 Å². The monoisotopic (exact) mass is 510 g/mol. The number of ether oxygens (including phenoxy) is 2. The average Bonchev–Trinajstić information content (AvgIpc) is 2.87. The van der Waals surface area contributed by atoms with Crippen LogP contribution in [0.25, 0.3) is 0 Å². The quantitative estimate of drug-likeness (QED) is 0.102. The molecule has 0 amide bonds. The van der Waals surface area contributed by atoms with E-state index in [1.54, 1.807) is 0 Å². The minimum Gasteiger partial charge on any atom is -0.487 e. The molecular weight excluding hydrogens is 458 g/mol. The van der Waals surface area contributed by atoms with Gasteiger partial charge in [0.05, 0.1) is 14.1 Å². The summed E-state index contributed by atoms with van der Waals surface area (Å²) in [6.07, 6.45) is 16.0. The molecule has 0 aromatic heterocycles. The first-order valence-corrected chi connectivity index (χ1v) is 14.6. The van der Waals surface area contributed by atoms with Gasteiger partial charge in [-0.3, -0.25) is 0 Å². The van der Waals surface area contributed by atoms with Gasteiger partial charge in [-0.25, -0.2) is 4.79 Å². The summed E-state index contributed by atoms with van der Waals surface area (Å²) in [4.78, 5) is 12.4. The van der Waals surface area contributed by atoms with Crippen LogP contribution in [0.2, 0.25) is 0 Å². The van der Waals surface area contributed by atoms with E-state index in [9.17, 15) is 4.79 Å². The minimum absolute atomic E-state index is 0.189. The van der Waals surface area contributed by atoms with E-state index in [0.29, 0.717) is 11.0 Å². The SMILES string of the molecule is CCCCCCCCCCCCCc1ccc(OC(C)COC(=O)C[N+](C)(C)Cc2ccccc2)cc1. The van der Waals surface area contributed by atoms with Gasteiger partial charge in [-0.15, -0.1) is 0 Å². The summed E-state index contributed by atoms with van der Waals surface area (Å²) in [6.45, 7) is 5.59. The van der Waals surface area contributed by atoms with E-state index < -0.39 is 0 Å². The molecule has 0 saturated carbocycles. The predicted molar refractivity (Wildman–Crippen MR) is 155 cm³/mol. The molecule has 2 aromatic rings. The van der Waals surface area contributed by atoms with Crippen molar-refractivity contribution in [1.29, 1.82) is 0 Å². The van der Waals surface area contributed by atoms with Gasteiger partial charge >= 0.3 is 5.97 Å². The molecule has 0 N–H and O–H groups in total. The van der Waals surface area contributed by atoms with E-state index in [1.165, 1.54) is 81.8 Å². The summed E-state index contributed by atoms with van der Waals surface area (Å²) >= 11 is 0. The number of hydrogen-bond donors (Lipinski definition) is 0. The Bertz CT molecular complexity index is 848. The lowest BCUT2D eigenvalue weighted by molar-refractivity contribution is -0.896. The fourth-order valence-electron chi connectivity index (χ4n) is 4.73. The molecule has 2 aromatic carbocycles. The lowest BCUT2D eigenvalue weighted by Gasteiger charge is -2.28. The number of hydrogen-bond acceptors (Lipinski definition) is 3. The number of benzene rings is 2. The van der Waals surface area contributed by atoms with Crippen molar-refractivity contribution in [2.45, 2.75) is 104 Å². The Morgan fingerprint density at radius 2 is 1.32 bits per heavy atom. The zero-order chi connectivity index (χ0) is 26.8. The van der Waals surface area contributed by atoms with Gasteiger partial charge in [-0.05, 0) is 37.5 Å². The summed E-state index contributed by atoms with van der Waals surface area (Å²) in [5.74, 6) is 0.630. The van der Waals surface area contributed by atoms with Crippen molar-refractivity contribution in [3.05, 3.63) is 65.7 Å². The summed E-state index contributed by atoms with van der Waals surface area (Å²) in [5.41, 5.74) is 2.57. The Hall–Kier alpha value is -2.33. The summed E-state index contributed by atoms with van der Waals surface area (Å²) in [6, 6.07) is 18.6. The van der Waals surface area contributed by atoms with Crippen molar-refractivity contribution in [2.75, 3.05) is 27.2 Å². The fourth-order valence-corrected chi connectivity index (χ4v) is 4.73. The topological polar surface area (TPSA) is 35.5 Å². The molecule has 1 unspecified atom stereocenters. The lowest BCUT2D eigenvalue weighted by atomic mass is 10.0. The highest BCUT2D eigenvalue weighted by Gasteiger charge is 2.22. The van der Waals surface area contributed by atoms with Crippen LogP contribution in [0.5, 0.6) is 5.75 Å². The van der Waals surface area contributed by atoms with E-state index in [-0.39, 0.29) is 18.7 Å². The first-order chi connectivity index (χ1) is 17.9. The van der Waals surface area contributed by atoms with Gasteiger partial charge in [0.25, 0.3) is 0 Å². The third kappa shape index (κ3) is 14.9. The second-order valence-electron chi connectivity index (χ2n) is 11.3. The minimum atomic E-state index is -0.196. The first-order valence-electron chi connectivity index (χ1n) is 14.6. The van der Waals surface area contributed by atoms with Crippen LogP contribution in [0, 0.1) is 0 Å². The van der Waals surface area contributed by atoms with E-state index in [4.69, 9.17) is 9.47 Å². The van der Waals surface area contributed by atoms with Crippen molar-refractivity contribution in [1.82, 2.24) is 0 Å². The van der Waals surface area contributed by atoms with Crippen molar-refractivity contribution in [2.24, 2.45) is 0 Å². The Balaban J connectivity index is 1.55. The molecular formula is C33H52NO3+. The van der Waals surface area contributed by atoms with Crippen LogP contribution < -0.4 is 4.74 Å². The maximum atomic E-state index is 12.4. The summed E-state index contributed by atoms with van der Waals surface area (Å²) < 4.78 is 12.0. The molecule has 4 heteroatoms. The number of nitrogens with zero attached hydrogens (tertiary/aromatic N) is 1. The molecule has 0 spiro atoms.